The Labute approximate surface area is 142 Å². The highest BCUT2D eigenvalue weighted by Gasteiger charge is 2.17. The molecule has 0 saturated heterocycles. The van der Waals surface area contributed by atoms with Gasteiger partial charge >= 0.3 is 11.8 Å². The molecule has 0 spiro atoms. The smallest absolute Gasteiger partial charge is 0.313 e. The topological polar surface area (TPSA) is 96.5 Å². The summed E-state index contributed by atoms with van der Waals surface area (Å²) in [5.41, 5.74) is 0.605. The monoisotopic (exact) mass is 335 g/mol. The molecular weight excluding hydrogens is 310 g/mol. The molecule has 0 bridgehead atoms. The molecule has 0 fully saturated rings. The van der Waals surface area contributed by atoms with Crippen molar-refractivity contribution in [1.29, 1.82) is 0 Å². The summed E-state index contributed by atoms with van der Waals surface area (Å²) in [6, 6.07) is 6.51. The van der Waals surface area contributed by atoms with Crippen molar-refractivity contribution >= 4 is 23.4 Å². The molecule has 7 heteroatoms. The van der Waals surface area contributed by atoms with E-state index in [1.165, 1.54) is 0 Å². The van der Waals surface area contributed by atoms with Crippen molar-refractivity contribution in [2.45, 2.75) is 33.2 Å². The molecule has 132 valence electrons. The van der Waals surface area contributed by atoms with E-state index in [-0.39, 0.29) is 11.9 Å². The number of nitrogens with one attached hydrogen (secondary N) is 3. The van der Waals surface area contributed by atoms with Crippen LogP contribution < -0.4 is 16.0 Å². The van der Waals surface area contributed by atoms with Gasteiger partial charge in [-0.2, -0.15) is 0 Å². The molecule has 24 heavy (non-hydrogen) atoms. The molecule has 0 aromatic heterocycles. The van der Waals surface area contributed by atoms with Crippen LogP contribution in [0.25, 0.3) is 0 Å². The first kappa shape index (κ1) is 19.6. The maximum atomic E-state index is 12.1. The third kappa shape index (κ3) is 6.78. The molecule has 3 N–H and O–H groups in total. The Bertz CT molecular complexity index is 573. The Morgan fingerprint density at radius 1 is 1.12 bits per heavy atom. The molecule has 0 aliphatic carbocycles. The van der Waals surface area contributed by atoms with E-state index in [0.717, 1.165) is 0 Å². The van der Waals surface area contributed by atoms with Crippen molar-refractivity contribution < 1.29 is 19.1 Å². The lowest BCUT2D eigenvalue weighted by molar-refractivity contribution is -0.136. The summed E-state index contributed by atoms with van der Waals surface area (Å²) < 4.78 is 5.15. The quantitative estimate of drug-likeness (QED) is 0.493. The van der Waals surface area contributed by atoms with Gasteiger partial charge in [-0.15, -0.1) is 0 Å². The fourth-order valence-electron chi connectivity index (χ4n) is 1.91. The van der Waals surface area contributed by atoms with Gasteiger partial charge in [0, 0.05) is 25.8 Å². The van der Waals surface area contributed by atoms with E-state index in [2.05, 4.69) is 16.0 Å². The highest BCUT2D eigenvalue weighted by molar-refractivity contribution is 6.40. The van der Waals surface area contributed by atoms with E-state index < -0.39 is 11.8 Å². The number of ether oxygens (including phenoxy) is 1. The first-order valence-corrected chi connectivity index (χ1v) is 8.02. The second kappa shape index (κ2) is 10.4. The van der Waals surface area contributed by atoms with Crippen LogP contribution in [0.2, 0.25) is 0 Å². The molecule has 0 radical (unpaired) electrons. The van der Waals surface area contributed by atoms with E-state index in [1.807, 2.05) is 20.8 Å². The SMILES string of the molecule is CCOCCCNC(=O)C(=O)Nc1ccccc1C(=O)NC(C)C. The number of para-hydroxylation sites is 1. The summed E-state index contributed by atoms with van der Waals surface area (Å²) in [5.74, 6) is -1.86. The van der Waals surface area contributed by atoms with Crippen LogP contribution in [-0.4, -0.2) is 43.5 Å². The third-order valence-electron chi connectivity index (χ3n) is 3.00. The van der Waals surface area contributed by atoms with Gasteiger partial charge in [0.05, 0.1) is 11.3 Å². The number of amides is 3. The number of benzene rings is 1. The van der Waals surface area contributed by atoms with Crippen LogP contribution >= 0.6 is 0 Å². The third-order valence-corrected chi connectivity index (χ3v) is 3.00. The van der Waals surface area contributed by atoms with Crippen molar-refractivity contribution in [3.63, 3.8) is 0 Å². The molecule has 3 amide bonds. The van der Waals surface area contributed by atoms with Crippen LogP contribution in [0.4, 0.5) is 5.69 Å². The van der Waals surface area contributed by atoms with Gasteiger partial charge < -0.3 is 20.7 Å². The van der Waals surface area contributed by atoms with Crippen molar-refractivity contribution in [3.8, 4) is 0 Å². The molecule has 0 unspecified atom stereocenters. The highest BCUT2D eigenvalue weighted by atomic mass is 16.5. The number of hydrogen-bond acceptors (Lipinski definition) is 4. The maximum Gasteiger partial charge on any atom is 0.313 e. The molecular formula is C17H25N3O4. The molecule has 0 aliphatic rings. The fraction of sp³-hybridized carbons (Fsp3) is 0.471. The molecule has 1 aromatic carbocycles. The van der Waals surface area contributed by atoms with E-state index in [0.29, 0.717) is 37.4 Å². The van der Waals surface area contributed by atoms with Crippen LogP contribution in [0.5, 0.6) is 0 Å². The minimum Gasteiger partial charge on any atom is -0.382 e. The predicted octanol–water partition coefficient (Wildman–Crippen LogP) is 1.31. The van der Waals surface area contributed by atoms with Gasteiger partial charge in [0.1, 0.15) is 0 Å². The second-order valence-electron chi connectivity index (χ2n) is 5.43. The number of carbonyl (C=O) groups excluding carboxylic acids is 3. The lowest BCUT2D eigenvalue weighted by Gasteiger charge is -2.13. The molecule has 0 atom stereocenters. The Morgan fingerprint density at radius 3 is 2.50 bits per heavy atom. The number of anilines is 1. The Kier molecular flexibility index (Phi) is 8.49. The van der Waals surface area contributed by atoms with Crippen molar-refractivity contribution in [1.82, 2.24) is 10.6 Å². The van der Waals surface area contributed by atoms with Crippen LogP contribution in [0.15, 0.2) is 24.3 Å². The highest BCUT2D eigenvalue weighted by Crippen LogP contribution is 2.15. The van der Waals surface area contributed by atoms with Gasteiger partial charge in [0.25, 0.3) is 5.91 Å². The van der Waals surface area contributed by atoms with Gasteiger partial charge in [-0.1, -0.05) is 12.1 Å². The van der Waals surface area contributed by atoms with Crippen molar-refractivity contribution in [2.24, 2.45) is 0 Å². The molecule has 1 aromatic rings. The lowest BCUT2D eigenvalue weighted by atomic mass is 10.1. The van der Waals surface area contributed by atoms with E-state index >= 15 is 0 Å². The zero-order chi connectivity index (χ0) is 17.9. The largest absolute Gasteiger partial charge is 0.382 e. The Hall–Kier alpha value is -2.41. The lowest BCUT2D eigenvalue weighted by Crippen LogP contribution is -2.37. The second-order valence-corrected chi connectivity index (χ2v) is 5.43. The average Bonchev–Trinajstić information content (AvgIpc) is 2.54. The minimum absolute atomic E-state index is 0.0325. The van der Waals surface area contributed by atoms with Crippen LogP contribution in [-0.2, 0) is 14.3 Å². The first-order valence-electron chi connectivity index (χ1n) is 8.02. The number of rotatable bonds is 8. The number of carbonyl (C=O) groups is 3. The maximum absolute atomic E-state index is 12.1. The van der Waals surface area contributed by atoms with Crippen molar-refractivity contribution in [2.75, 3.05) is 25.1 Å². The average molecular weight is 335 g/mol. The van der Waals surface area contributed by atoms with Gasteiger partial charge in [-0.05, 0) is 39.3 Å². The molecule has 7 nitrogen and oxygen atoms in total. The van der Waals surface area contributed by atoms with Gasteiger partial charge in [-0.3, -0.25) is 14.4 Å². The van der Waals surface area contributed by atoms with Gasteiger partial charge in [0.2, 0.25) is 0 Å². The van der Waals surface area contributed by atoms with Crippen LogP contribution in [0.3, 0.4) is 0 Å². The van der Waals surface area contributed by atoms with Gasteiger partial charge in [0.15, 0.2) is 0 Å². The first-order chi connectivity index (χ1) is 11.5. The summed E-state index contributed by atoms with van der Waals surface area (Å²) in [7, 11) is 0. The summed E-state index contributed by atoms with van der Waals surface area (Å²) in [4.78, 5) is 35.8. The van der Waals surface area contributed by atoms with E-state index in [1.54, 1.807) is 24.3 Å². The molecule has 0 saturated carbocycles. The van der Waals surface area contributed by atoms with Crippen molar-refractivity contribution in [3.05, 3.63) is 29.8 Å². The Balaban J connectivity index is 2.60. The summed E-state index contributed by atoms with van der Waals surface area (Å²) >= 11 is 0. The molecule has 0 heterocycles. The van der Waals surface area contributed by atoms with E-state index in [4.69, 9.17) is 4.74 Å². The summed E-state index contributed by atoms with van der Waals surface area (Å²) in [6.07, 6.45) is 0.625. The Morgan fingerprint density at radius 2 is 1.83 bits per heavy atom. The molecule has 1 rings (SSSR count). The van der Waals surface area contributed by atoms with Crippen LogP contribution in [0.1, 0.15) is 37.6 Å². The summed E-state index contributed by atoms with van der Waals surface area (Å²) in [5, 5.41) is 7.74. The zero-order valence-corrected chi connectivity index (χ0v) is 14.3. The number of hydrogen-bond donors (Lipinski definition) is 3. The minimum atomic E-state index is -0.809. The standard InChI is InChI=1S/C17H25N3O4/c1-4-24-11-7-10-18-16(22)17(23)20-14-9-6-5-8-13(14)15(21)19-12(2)3/h5-6,8-9,12H,4,7,10-11H2,1-3H3,(H,18,22)(H,19,21)(H,20,23). The molecule has 0 aliphatic heterocycles. The fourth-order valence-corrected chi connectivity index (χ4v) is 1.91. The summed E-state index contributed by atoms with van der Waals surface area (Å²) in [6.45, 7) is 7.06. The van der Waals surface area contributed by atoms with E-state index in [9.17, 15) is 14.4 Å². The van der Waals surface area contributed by atoms with Gasteiger partial charge in [-0.25, -0.2) is 0 Å². The predicted molar refractivity (Wildman–Crippen MR) is 91.8 cm³/mol. The zero-order valence-electron chi connectivity index (χ0n) is 14.3. The van der Waals surface area contributed by atoms with Crippen LogP contribution in [0, 0.1) is 0 Å². The normalized spacial score (nSPS) is 10.3.